The highest BCUT2D eigenvalue weighted by Crippen LogP contribution is 2.38. The quantitative estimate of drug-likeness (QED) is 0.701. The van der Waals surface area contributed by atoms with E-state index in [2.05, 4.69) is 16.4 Å². The third kappa shape index (κ3) is 3.06. The van der Waals surface area contributed by atoms with E-state index in [-0.39, 0.29) is 18.5 Å². The minimum atomic E-state index is 0.0550. The van der Waals surface area contributed by atoms with Crippen LogP contribution in [0.4, 0.5) is 0 Å². The van der Waals surface area contributed by atoms with Crippen LogP contribution in [0.3, 0.4) is 0 Å². The van der Waals surface area contributed by atoms with E-state index in [1.165, 1.54) is 0 Å². The van der Waals surface area contributed by atoms with Crippen molar-refractivity contribution in [3.8, 4) is 11.5 Å². The molecule has 3 aromatic rings. The summed E-state index contributed by atoms with van der Waals surface area (Å²) in [6.07, 6.45) is 2.82. The van der Waals surface area contributed by atoms with Crippen LogP contribution >= 0.6 is 0 Å². The minimum Gasteiger partial charge on any atom is -0.490 e. The van der Waals surface area contributed by atoms with Crippen molar-refractivity contribution >= 4 is 16.9 Å². The molecule has 144 valence electrons. The highest BCUT2D eigenvalue weighted by Gasteiger charge is 2.31. The summed E-state index contributed by atoms with van der Waals surface area (Å²) in [7, 11) is 0. The van der Waals surface area contributed by atoms with Crippen LogP contribution in [0.2, 0.25) is 0 Å². The number of ether oxygens (including phenoxy) is 2. The molecule has 5 rings (SSSR count). The van der Waals surface area contributed by atoms with Gasteiger partial charge in [0.2, 0.25) is 5.91 Å². The predicted molar refractivity (Wildman–Crippen MR) is 103 cm³/mol. The van der Waals surface area contributed by atoms with E-state index in [1.54, 1.807) is 4.68 Å². The first-order chi connectivity index (χ1) is 13.8. The molecule has 1 atom stereocenters. The normalized spacial score (nSPS) is 19.0. The van der Waals surface area contributed by atoms with Crippen molar-refractivity contribution in [1.82, 2.24) is 19.9 Å². The third-order valence-corrected chi connectivity index (χ3v) is 5.43. The Kier molecular flexibility index (Phi) is 4.35. The fourth-order valence-electron chi connectivity index (χ4n) is 4.05. The summed E-state index contributed by atoms with van der Waals surface area (Å²) >= 11 is 0. The van der Waals surface area contributed by atoms with Gasteiger partial charge in [-0.15, -0.1) is 5.10 Å². The van der Waals surface area contributed by atoms with Gasteiger partial charge in [-0.1, -0.05) is 23.4 Å². The van der Waals surface area contributed by atoms with Crippen LogP contribution in [-0.2, 0) is 11.3 Å². The van der Waals surface area contributed by atoms with E-state index in [1.807, 2.05) is 41.3 Å². The molecule has 1 amide bonds. The lowest BCUT2D eigenvalue weighted by Crippen LogP contribution is -2.33. The van der Waals surface area contributed by atoms with Gasteiger partial charge in [0.15, 0.2) is 11.5 Å². The number of likely N-dealkylation sites (tertiary alicyclic amines) is 1. The summed E-state index contributed by atoms with van der Waals surface area (Å²) in [6, 6.07) is 13.8. The molecule has 3 heterocycles. The molecule has 1 aromatic heterocycles. The maximum absolute atomic E-state index is 13.1. The molecule has 0 saturated carbocycles. The number of benzene rings is 2. The Morgan fingerprint density at radius 3 is 2.86 bits per heavy atom. The summed E-state index contributed by atoms with van der Waals surface area (Å²) in [5, 5.41) is 8.30. The van der Waals surface area contributed by atoms with E-state index < -0.39 is 0 Å². The molecular weight excluding hydrogens is 356 g/mol. The number of hydrogen-bond acceptors (Lipinski definition) is 5. The highest BCUT2D eigenvalue weighted by molar-refractivity contribution is 5.80. The number of rotatable bonds is 3. The summed E-state index contributed by atoms with van der Waals surface area (Å²) in [6.45, 7) is 2.28. The van der Waals surface area contributed by atoms with E-state index in [9.17, 15) is 4.79 Å². The van der Waals surface area contributed by atoms with Crippen molar-refractivity contribution in [2.24, 2.45) is 0 Å². The van der Waals surface area contributed by atoms with Gasteiger partial charge >= 0.3 is 0 Å². The van der Waals surface area contributed by atoms with Crippen molar-refractivity contribution < 1.29 is 14.3 Å². The monoisotopic (exact) mass is 378 g/mol. The lowest BCUT2D eigenvalue weighted by atomic mass is 10.0. The molecule has 0 aliphatic carbocycles. The van der Waals surface area contributed by atoms with Crippen LogP contribution in [0.5, 0.6) is 11.5 Å². The zero-order valence-electron chi connectivity index (χ0n) is 15.6. The maximum Gasteiger partial charge on any atom is 0.244 e. The largest absolute Gasteiger partial charge is 0.490 e. The van der Waals surface area contributed by atoms with Gasteiger partial charge in [-0.25, -0.2) is 4.68 Å². The zero-order chi connectivity index (χ0) is 18.9. The van der Waals surface area contributed by atoms with Crippen LogP contribution in [-0.4, -0.2) is 45.6 Å². The fraction of sp³-hybridized carbons (Fsp3) is 0.381. The molecular formula is C21H22N4O3. The molecule has 0 N–H and O–H groups in total. The molecule has 1 fully saturated rings. The molecule has 7 heteroatoms. The molecule has 2 aromatic carbocycles. The number of hydrogen-bond donors (Lipinski definition) is 0. The maximum atomic E-state index is 13.1. The van der Waals surface area contributed by atoms with Gasteiger partial charge in [0.05, 0.1) is 24.8 Å². The number of carbonyl (C=O) groups excluding carboxylic acids is 1. The molecule has 7 nitrogen and oxygen atoms in total. The van der Waals surface area contributed by atoms with Gasteiger partial charge in [-0.3, -0.25) is 4.79 Å². The smallest absolute Gasteiger partial charge is 0.244 e. The second-order valence-electron chi connectivity index (χ2n) is 7.24. The molecule has 1 saturated heterocycles. The first-order valence-electron chi connectivity index (χ1n) is 9.77. The lowest BCUT2D eigenvalue weighted by Gasteiger charge is -2.25. The standard InChI is InChI=1S/C21H22N4O3/c26-21(14-25-18-6-2-1-5-16(18)22-23-25)24-10-3-7-17(24)15-8-9-19-20(13-15)28-12-4-11-27-19/h1-2,5-6,8-9,13,17H,3-4,7,10-12,14H2/t17-/m1/s1. The lowest BCUT2D eigenvalue weighted by molar-refractivity contribution is -0.132. The molecule has 0 radical (unpaired) electrons. The van der Waals surface area contributed by atoms with Crippen molar-refractivity contribution in [2.45, 2.75) is 31.8 Å². The number of fused-ring (bicyclic) bond motifs is 2. The van der Waals surface area contributed by atoms with Crippen molar-refractivity contribution in [2.75, 3.05) is 19.8 Å². The Morgan fingerprint density at radius 2 is 1.93 bits per heavy atom. The van der Waals surface area contributed by atoms with Gasteiger partial charge in [0, 0.05) is 13.0 Å². The summed E-state index contributed by atoms with van der Waals surface area (Å²) in [5.41, 5.74) is 2.77. The summed E-state index contributed by atoms with van der Waals surface area (Å²) < 4.78 is 13.2. The van der Waals surface area contributed by atoms with Gasteiger partial charge < -0.3 is 14.4 Å². The van der Waals surface area contributed by atoms with Crippen LogP contribution in [0.25, 0.3) is 11.0 Å². The summed E-state index contributed by atoms with van der Waals surface area (Å²) in [4.78, 5) is 15.0. The first-order valence-corrected chi connectivity index (χ1v) is 9.77. The number of nitrogens with zero attached hydrogens (tertiary/aromatic N) is 4. The molecule has 0 unspecified atom stereocenters. The Bertz CT molecular complexity index is 1020. The van der Waals surface area contributed by atoms with Crippen molar-refractivity contribution in [3.05, 3.63) is 48.0 Å². The van der Waals surface area contributed by atoms with E-state index >= 15 is 0 Å². The van der Waals surface area contributed by atoms with Crippen molar-refractivity contribution in [1.29, 1.82) is 0 Å². The van der Waals surface area contributed by atoms with E-state index in [0.717, 1.165) is 53.9 Å². The Balaban J connectivity index is 1.38. The topological polar surface area (TPSA) is 69.5 Å². The van der Waals surface area contributed by atoms with Crippen molar-refractivity contribution in [3.63, 3.8) is 0 Å². The number of para-hydroxylation sites is 1. The average Bonchev–Trinajstić information content (AvgIpc) is 3.30. The fourth-order valence-corrected chi connectivity index (χ4v) is 4.05. The Labute approximate surface area is 162 Å². The Hall–Kier alpha value is -3.09. The molecule has 2 aliphatic heterocycles. The zero-order valence-corrected chi connectivity index (χ0v) is 15.6. The molecule has 28 heavy (non-hydrogen) atoms. The average molecular weight is 378 g/mol. The van der Waals surface area contributed by atoms with Crippen LogP contribution in [0.1, 0.15) is 30.9 Å². The van der Waals surface area contributed by atoms with Crippen LogP contribution in [0, 0.1) is 0 Å². The predicted octanol–water partition coefficient (Wildman–Crippen LogP) is 2.96. The summed E-state index contributed by atoms with van der Waals surface area (Å²) in [5.74, 6) is 1.62. The van der Waals surface area contributed by atoms with Gasteiger partial charge in [0.1, 0.15) is 12.1 Å². The van der Waals surface area contributed by atoms with Gasteiger partial charge in [0.25, 0.3) is 0 Å². The molecule has 0 bridgehead atoms. The molecule has 2 aliphatic rings. The minimum absolute atomic E-state index is 0.0550. The Morgan fingerprint density at radius 1 is 1.07 bits per heavy atom. The number of aromatic nitrogens is 3. The van der Waals surface area contributed by atoms with Crippen LogP contribution in [0.15, 0.2) is 42.5 Å². The highest BCUT2D eigenvalue weighted by atomic mass is 16.5. The second kappa shape index (κ2) is 7.14. The van der Waals surface area contributed by atoms with E-state index in [0.29, 0.717) is 13.2 Å². The second-order valence-corrected chi connectivity index (χ2v) is 7.24. The number of amides is 1. The first kappa shape index (κ1) is 17.0. The SMILES string of the molecule is O=C(Cn1nnc2ccccc21)N1CCC[C@@H]1c1ccc2c(c1)OCCCO2. The van der Waals surface area contributed by atoms with E-state index in [4.69, 9.17) is 9.47 Å². The van der Waals surface area contributed by atoms with Gasteiger partial charge in [-0.2, -0.15) is 0 Å². The number of carbonyl (C=O) groups is 1. The third-order valence-electron chi connectivity index (χ3n) is 5.43. The van der Waals surface area contributed by atoms with Gasteiger partial charge in [-0.05, 0) is 42.7 Å². The molecule has 0 spiro atoms. The van der Waals surface area contributed by atoms with Crippen LogP contribution < -0.4 is 9.47 Å².